The third-order valence-corrected chi connectivity index (χ3v) is 8.49. The van der Waals surface area contributed by atoms with Gasteiger partial charge in [-0.05, 0) is 56.5 Å². The molecule has 1 aliphatic rings. The van der Waals surface area contributed by atoms with Gasteiger partial charge >= 0.3 is 6.18 Å². The maximum Gasteiger partial charge on any atom is 0.417 e. The largest absolute Gasteiger partial charge is 0.417 e. The number of hydrogen-bond acceptors (Lipinski definition) is 6. The van der Waals surface area contributed by atoms with Crippen molar-refractivity contribution < 1.29 is 26.4 Å². The van der Waals surface area contributed by atoms with Gasteiger partial charge in [0, 0.05) is 31.9 Å². The molecule has 0 bridgehead atoms. The molecule has 4 heterocycles. The molecular formula is C25H26F3N5O3S. The average Bonchev–Trinajstić information content (AvgIpc) is 3.25. The maximum atomic E-state index is 12.9. The van der Waals surface area contributed by atoms with Crippen molar-refractivity contribution in [1.82, 2.24) is 24.1 Å². The summed E-state index contributed by atoms with van der Waals surface area (Å²) >= 11 is 0. The van der Waals surface area contributed by atoms with E-state index in [9.17, 15) is 26.4 Å². The smallest absolute Gasteiger partial charge is 0.294 e. The van der Waals surface area contributed by atoms with E-state index in [1.807, 2.05) is 12.1 Å². The lowest BCUT2D eigenvalue weighted by Crippen LogP contribution is -2.39. The number of carbonyl (C=O) groups is 1. The summed E-state index contributed by atoms with van der Waals surface area (Å²) in [7, 11) is -3.30. The van der Waals surface area contributed by atoms with Gasteiger partial charge in [0.1, 0.15) is 0 Å². The predicted octanol–water partition coefficient (Wildman–Crippen LogP) is 4.24. The second-order valence-corrected chi connectivity index (χ2v) is 11.5. The lowest BCUT2D eigenvalue weighted by atomic mass is 10.0. The highest BCUT2D eigenvalue weighted by Crippen LogP contribution is 2.29. The molecule has 0 saturated heterocycles. The normalized spacial score (nSPS) is 15.2. The van der Waals surface area contributed by atoms with Crippen LogP contribution in [0.15, 0.2) is 48.9 Å². The minimum atomic E-state index is -4.49. The Balaban J connectivity index is 1.43. The number of halogens is 3. The fourth-order valence-corrected chi connectivity index (χ4v) is 5.23. The summed E-state index contributed by atoms with van der Waals surface area (Å²) in [5.41, 5.74) is 2.32. The molecule has 0 aromatic carbocycles. The molecule has 0 fully saturated rings. The topological polar surface area (TPSA) is 98.0 Å². The van der Waals surface area contributed by atoms with Crippen LogP contribution in [0.4, 0.5) is 13.2 Å². The molecule has 0 radical (unpaired) electrons. The molecule has 8 nitrogen and oxygen atoms in total. The number of rotatable bonds is 7. The summed E-state index contributed by atoms with van der Waals surface area (Å²) < 4.78 is 65.9. The van der Waals surface area contributed by atoms with Gasteiger partial charge in [-0.3, -0.25) is 9.78 Å². The zero-order valence-electron chi connectivity index (χ0n) is 20.5. The first-order chi connectivity index (χ1) is 17.4. The van der Waals surface area contributed by atoms with Crippen molar-refractivity contribution in [3.8, 4) is 5.82 Å². The van der Waals surface area contributed by atoms with E-state index in [0.717, 1.165) is 23.5 Å². The van der Waals surface area contributed by atoms with E-state index in [2.05, 4.69) is 15.1 Å². The first kappa shape index (κ1) is 26.7. The molecule has 12 heteroatoms. The van der Waals surface area contributed by atoms with Crippen LogP contribution in [0.2, 0.25) is 0 Å². The SMILES string of the molecule is Cc1c(C(=O)Cc2ccc(C3=CCN(S(=O)(=O)C(C)C)CC3)nc2)cnn1-c1ccc(C(F)(F)F)cn1. The Morgan fingerprint density at radius 1 is 1.08 bits per heavy atom. The number of sulfonamides is 1. The van der Waals surface area contributed by atoms with Crippen molar-refractivity contribution in [3.05, 3.63) is 77.0 Å². The Morgan fingerprint density at radius 3 is 2.38 bits per heavy atom. The predicted molar refractivity (Wildman–Crippen MR) is 132 cm³/mol. The van der Waals surface area contributed by atoms with E-state index >= 15 is 0 Å². The highest BCUT2D eigenvalue weighted by molar-refractivity contribution is 7.89. The fourth-order valence-electron chi connectivity index (χ4n) is 4.01. The van der Waals surface area contributed by atoms with E-state index in [1.165, 1.54) is 21.3 Å². The summed E-state index contributed by atoms with van der Waals surface area (Å²) in [5.74, 6) is -0.0345. The summed E-state index contributed by atoms with van der Waals surface area (Å²) in [4.78, 5) is 21.2. The fraction of sp³-hybridized carbons (Fsp3) is 0.360. The molecule has 0 saturated carbocycles. The van der Waals surface area contributed by atoms with Gasteiger partial charge in [-0.2, -0.15) is 22.6 Å². The van der Waals surface area contributed by atoms with Gasteiger partial charge in [0.2, 0.25) is 10.0 Å². The number of nitrogens with zero attached hydrogens (tertiary/aromatic N) is 5. The van der Waals surface area contributed by atoms with Crippen molar-refractivity contribution in [3.63, 3.8) is 0 Å². The summed E-state index contributed by atoms with van der Waals surface area (Å²) in [6.45, 7) is 5.67. The molecule has 0 amide bonds. The molecular weight excluding hydrogens is 507 g/mol. The Morgan fingerprint density at radius 2 is 1.84 bits per heavy atom. The highest BCUT2D eigenvalue weighted by Gasteiger charge is 2.31. The quantitative estimate of drug-likeness (QED) is 0.422. The van der Waals surface area contributed by atoms with E-state index in [-0.39, 0.29) is 18.0 Å². The zero-order chi connectivity index (χ0) is 27.0. The van der Waals surface area contributed by atoms with Crippen LogP contribution in [0, 0.1) is 6.92 Å². The standard InChI is InChI=1S/C25H26F3N5O3S/c1-16(2)37(35,36)32-10-8-19(9-11-32)22-6-4-18(13-29-22)12-23(34)21-15-31-33(17(21)3)24-7-5-20(14-30-24)25(26,27)28/h4-8,13-16H,9-12H2,1-3H3. The lowest BCUT2D eigenvalue weighted by Gasteiger charge is -2.27. The zero-order valence-corrected chi connectivity index (χ0v) is 21.3. The van der Waals surface area contributed by atoms with Crippen LogP contribution in [0.5, 0.6) is 0 Å². The van der Waals surface area contributed by atoms with Crippen molar-refractivity contribution >= 4 is 21.4 Å². The minimum Gasteiger partial charge on any atom is -0.294 e. The van der Waals surface area contributed by atoms with Crippen LogP contribution < -0.4 is 0 Å². The molecule has 196 valence electrons. The summed E-state index contributed by atoms with van der Waals surface area (Å²) in [6.07, 6.45) is 1.72. The molecule has 0 unspecified atom stereocenters. The average molecular weight is 534 g/mol. The highest BCUT2D eigenvalue weighted by atomic mass is 32.2. The molecule has 4 rings (SSSR count). The lowest BCUT2D eigenvalue weighted by molar-refractivity contribution is -0.137. The van der Waals surface area contributed by atoms with Gasteiger partial charge in [-0.1, -0.05) is 12.1 Å². The minimum absolute atomic E-state index is 0.0692. The number of hydrogen-bond donors (Lipinski definition) is 0. The number of aromatic nitrogens is 4. The maximum absolute atomic E-state index is 12.9. The number of ketones is 1. The van der Waals surface area contributed by atoms with Gasteiger partial charge in [0.15, 0.2) is 11.6 Å². The van der Waals surface area contributed by atoms with Crippen molar-refractivity contribution in [2.24, 2.45) is 0 Å². The van der Waals surface area contributed by atoms with Crippen LogP contribution in [-0.2, 0) is 22.6 Å². The van der Waals surface area contributed by atoms with Crippen LogP contribution in [-0.4, -0.2) is 56.6 Å². The molecule has 3 aromatic heterocycles. The monoisotopic (exact) mass is 533 g/mol. The molecule has 37 heavy (non-hydrogen) atoms. The van der Waals surface area contributed by atoms with E-state index in [4.69, 9.17) is 0 Å². The van der Waals surface area contributed by atoms with Crippen molar-refractivity contribution in [2.45, 2.75) is 45.0 Å². The summed E-state index contributed by atoms with van der Waals surface area (Å²) in [5, 5.41) is 3.66. The van der Waals surface area contributed by atoms with E-state index in [0.29, 0.717) is 36.3 Å². The Hall–Kier alpha value is -3.38. The summed E-state index contributed by atoms with van der Waals surface area (Å²) in [6, 6.07) is 5.73. The van der Waals surface area contributed by atoms with Crippen LogP contribution in [0.3, 0.4) is 0 Å². The van der Waals surface area contributed by atoms with Crippen molar-refractivity contribution in [2.75, 3.05) is 13.1 Å². The van der Waals surface area contributed by atoms with Gasteiger partial charge in [-0.15, -0.1) is 0 Å². The second-order valence-electron chi connectivity index (χ2n) is 9.04. The van der Waals surface area contributed by atoms with Crippen molar-refractivity contribution in [1.29, 1.82) is 0 Å². The third-order valence-electron chi connectivity index (χ3n) is 6.25. The third kappa shape index (κ3) is 5.64. The molecule has 0 aliphatic carbocycles. The second kappa shape index (κ2) is 10.2. The molecule has 3 aromatic rings. The number of pyridine rings is 2. The van der Waals surface area contributed by atoms with Crippen LogP contribution in [0.25, 0.3) is 11.4 Å². The first-order valence-corrected chi connectivity index (χ1v) is 13.1. The Bertz CT molecular complexity index is 1430. The van der Waals surface area contributed by atoms with Gasteiger partial charge < -0.3 is 0 Å². The number of alkyl halides is 3. The van der Waals surface area contributed by atoms with Gasteiger partial charge in [0.25, 0.3) is 0 Å². The van der Waals surface area contributed by atoms with Crippen LogP contribution >= 0.6 is 0 Å². The van der Waals surface area contributed by atoms with Crippen LogP contribution in [0.1, 0.15) is 53.1 Å². The Labute approximate surface area is 212 Å². The van der Waals surface area contributed by atoms with E-state index < -0.39 is 27.0 Å². The Kier molecular flexibility index (Phi) is 7.33. The number of Topliss-reactive ketones (excluding diaryl/α,β-unsaturated/α-hetero) is 1. The molecule has 0 atom stereocenters. The van der Waals surface area contributed by atoms with Gasteiger partial charge in [0.05, 0.1) is 34.0 Å². The van der Waals surface area contributed by atoms with Gasteiger partial charge in [-0.25, -0.2) is 18.1 Å². The molecule has 1 aliphatic heterocycles. The molecule has 0 N–H and O–H groups in total. The molecule has 0 spiro atoms. The van der Waals surface area contributed by atoms with E-state index in [1.54, 1.807) is 33.0 Å². The number of carbonyl (C=O) groups excluding carboxylic acids is 1. The first-order valence-electron chi connectivity index (χ1n) is 11.6.